The molecular weight excluding hydrogens is 363 g/mol. The van der Waals surface area contributed by atoms with Gasteiger partial charge < -0.3 is 4.74 Å². The number of fused-ring (bicyclic) bond motifs is 1. The lowest BCUT2D eigenvalue weighted by Gasteiger charge is -2.18. The maximum atomic E-state index is 13.7. The first-order chi connectivity index (χ1) is 13.3. The van der Waals surface area contributed by atoms with Gasteiger partial charge in [0.1, 0.15) is 11.6 Å². The molecule has 0 spiro atoms. The fourth-order valence-corrected chi connectivity index (χ4v) is 3.49. The van der Waals surface area contributed by atoms with Crippen molar-refractivity contribution in [1.29, 1.82) is 0 Å². The molecule has 0 saturated carbocycles. The minimum atomic E-state index is -2.67. The van der Waals surface area contributed by atoms with Crippen LogP contribution in [0.4, 0.5) is 13.2 Å². The summed E-state index contributed by atoms with van der Waals surface area (Å²) in [5, 5.41) is 0.585. The number of nitrogens with zero attached hydrogens (tertiary/aromatic N) is 1. The molecular formula is C23H24F3NO. The third kappa shape index (κ3) is 4.64. The molecule has 0 aliphatic heterocycles. The van der Waals surface area contributed by atoms with Gasteiger partial charge >= 0.3 is 0 Å². The van der Waals surface area contributed by atoms with Crippen LogP contribution in [0.1, 0.15) is 39.2 Å². The molecule has 0 N–H and O–H groups in total. The maximum absolute atomic E-state index is 13.7. The van der Waals surface area contributed by atoms with Crippen molar-refractivity contribution in [2.75, 3.05) is 6.61 Å². The number of aromatic nitrogens is 1. The number of benzene rings is 2. The first-order valence-electron chi connectivity index (χ1n) is 9.44. The molecule has 0 bridgehead atoms. The van der Waals surface area contributed by atoms with E-state index in [4.69, 9.17) is 4.74 Å². The average Bonchev–Trinajstić information content (AvgIpc) is 2.65. The van der Waals surface area contributed by atoms with Crippen LogP contribution in [-0.4, -0.2) is 11.6 Å². The minimum absolute atomic E-state index is 0.157. The molecule has 0 fully saturated rings. The second-order valence-corrected chi connectivity index (χ2v) is 7.62. The summed E-state index contributed by atoms with van der Waals surface area (Å²) < 4.78 is 46.8. The van der Waals surface area contributed by atoms with Gasteiger partial charge in [0.25, 0.3) is 6.43 Å². The summed E-state index contributed by atoms with van der Waals surface area (Å²) in [7, 11) is 0. The summed E-state index contributed by atoms with van der Waals surface area (Å²) >= 11 is 0. The van der Waals surface area contributed by atoms with Crippen molar-refractivity contribution in [1.82, 2.24) is 4.98 Å². The Morgan fingerprint density at radius 2 is 1.79 bits per heavy atom. The van der Waals surface area contributed by atoms with Gasteiger partial charge in [0.05, 0.1) is 17.7 Å². The van der Waals surface area contributed by atoms with Gasteiger partial charge in [0.15, 0.2) is 0 Å². The van der Waals surface area contributed by atoms with E-state index in [1.54, 1.807) is 30.5 Å². The summed E-state index contributed by atoms with van der Waals surface area (Å²) in [5.74, 6) is 0.599. The molecule has 2 aromatic carbocycles. The Hall–Kier alpha value is -2.56. The van der Waals surface area contributed by atoms with Crippen LogP contribution in [0.2, 0.25) is 0 Å². The molecule has 28 heavy (non-hydrogen) atoms. The second kappa shape index (κ2) is 8.63. The van der Waals surface area contributed by atoms with Gasteiger partial charge in [-0.05, 0) is 65.8 Å². The van der Waals surface area contributed by atoms with Crippen molar-refractivity contribution in [3.05, 3.63) is 60.0 Å². The molecule has 1 heterocycles. The zero-order valence-electron chi connectivity index (χ0n) is 16.3. The van der Waals surface area contributed by atoms with Crippen molar-refractivity contribution in [2.24, 2.45) is 11.8 Å². The topological polar surface area (TPSA) is 22.1 Å². The van der Waals surface area contributed by atoms with E-state index in [2.05, 4.69) is 18.8 Å². The van der Waals surface area contributed by atoms with E-state index < -0.39 is 12.2 Å². The van der Waals surface area contributed by atoms with Crippen LogP contribution in [0, 0.1) is 17.7 Å². The zero-order valence-corrected chi connectivity index (χ0v) is 16.3. The van der Waals surface area contributed by atoms with Gasteiger partial charge in [-0.1, -0.05) is 26.8 Å². The fourth-order valence-electron chi connectivity index (χ4n) is 3.49. The highest BCUT2D eigenvalue weighted by Crippen LogP contribution is 2.36. The molecule has 0 saturated heterocycles. The van der Waals surface area contributed by atoms with Crippen LogP contribution >= 0.6 is 0 Å². The van der Waals surface area contributed by atoms with E-state index in [1.165, 1.54) is 18.2 Å². The van der Waals surface area contributed by atoms with Gasteiger partial charge in [0, 0.05) is 11.6 Å². The average molecular weight is 387 g/mol. The third-order valence-electron chi connectivity index (χ3n) is 4.66. The lowest BCUT2D eigenvalue weighted by Crippen LogP contribution is -2.12. The Bertz CT molecular complexity index is 956. The smallest absolute Gasteiger partial charge is 0.267 e. The van der Waals surface area contributed by atoms with E-state index in [0.717, 1.165) is 6.42 Å². The largest absolute Gasteiger partial charge is 0.493 e. The summed E-state index contributed by atoms with van der Waals surface area (Å²) in [6, 6.07) is 10.7. The highest BCUT2D eigenvalue weighted by molar-refractivity contribution is 5.94. The Balaban J connectivity index is 1.94. The molecule has 0 aliphatic rings. The first-order valence-corrected chi connectivity index (χ1v) is 9.44. The number of rotatable bonds is 7. The number of hydrogen-bond donors (Lipinski definition) is 0. The maximum Gasteiger partial charge on any atom is 0.267 e. The Morgan fingerprint density at radius 1 is 1.00 bits per heavy atom. The fraction of sp³-hybridized carbons (Fsp3) is 0.348. The predicted molar refractivity (Wildman–Crippen MR) is 106 cm³/mol. The number of ether oxygens (including phenoxy) is 1. The van der Waals surface area contributed by atoms with E-state index in [0.29, 0.717) is 34.6 Å². The highest BCUT2D eigenvalue weighted by Gasteiger charge is 2.18. The quantitative estimate of drug-likeness (QED) is 0.434. The lowest BCUT2D eigenvalue weighted by molar-refractivity contribution is 0.142. The van der Waals surface area contributed by atoms with E-state index in [-0.39, 0.29) is 17.2 Å². The zero-order chi connectivity index (χ0) is 20.3. The Labute approximate surface area is 163 Å². The molecule has 1 atom stereocenters. The van der Waals surface area contributed by atoms with Gasteiger partial charge in [-0.3, -0.25) is 4.98 Å². The summed E-state index contributed by atoms with van der Waals surface area (Å²) in [4.78, 5) is 4.22. The van der Waals surface area contributed by atoms with Gasteiger partial charge in [-0.15, -0.1) is 0 Å². The summed E-state index contributed by atoms with van der Waals surface area (Å²) in [6.07, 6.45) is -0.105. The minimum Gasteiger partial charge on any atom is -0.493 e. The Morgan fingerprint density at radius 3 is 2.50 bits per heavy atom. The molecule has 0 aliphatic carbocycles. The molecule has 5 heteroatoms. The standard InChI is InChI=1S/C23H24F3NO/c1-14(2)10-15(3)13-28-22-7-4-16(11-20(22)23(25)26)18-8-9-27-21-6-5-17(24)12-19(18)21/h4-9,11-12,14-15,23H,10,13H2,1-3H3/t15-/m0/s1. The van der Waals surface area contributed by atoms with E-state index in [9.17, 15) is 13.2 Å². The SMILES string of the molecule is CC(C)C[C@H](C)COc1ccc(-c2ccnc3ccc(F)cc23)cc1C(F)F. The monoisotopic (exact) mass is 387 g/mol. The van der Waals surface area contributed by atoms with Crippen LogP contribution in [0.3, 0.4) is 0 Å². The molecule has 3 rings (SSSR count). The van der Waals surface area contributed by atoms with Gasteiger partial charge in [-0.2, -0.15) is 0 Å². The molecule has 1 aromatic heterocycles. The van der Waals surface area contributed by atoms with Crippen LogP contribution in [0.15, 0.2) is 48.7 Å². The van der Waals surface area contributed by atoms with Crippen LogP contribution < -0.4 is 4.74 Å². The van der Waals surface area contributed by atoms with Crippen molar-refractivity contribution in [3.63, 3.8) is 0 Å². The van der Waals surface area contributed by atoms with Gasteiger partial charge in [-0.25, -0.2) is 13.2 Å². The van der Waals surface area contributed by atoms with Crippen molar-refractivity contribution >= 4 is 10.9 Å². The normalized spacial score (nSPS) is 12.7. The molecule has 3 aromatic rings. The second-order valence-electron chi connectivity index (χ2n) is 7.62. The van der Waals surface area contributed by atoms with E-state index in [1.807, 2.05) is 6.92 Å². The highest BCUT2D eigenvalue weighted by atomic mass is 19.3. The van der Waals surface area contributed by atoms with Crippen molar-refractivity contribution < 1.29 is 17.9 Å². The Kier molecular flexibility index (Phi) is 6.22. The summed E-state index contributed by atoms with van der Waals surface area (Å²) in [5.41, 5.74) is 1.69. The van der Waals surface area contributed by atoms with E-state index >= 15 is 0 Å². The van der Waals surface area contributed by atoms with Crippen molar-refractivity contribution in [2.45, 2.75) is 33.6 Å². The number of pyridine rings is 1. The number of alkyl halides is 2. The molecule has 2 nitrogen and oxygen atoms in total. The van der Waals surface area contributed by atoms with Crippen LogP contribution in [0.25, 0.3) is 22.0 Å². The summed E-state index contributed by atoms with van der Waals surface area (Å²) in [6.45, 7) is 6.68. The third-order valence-corrected chi connectivity index (χ3v) is 4.66. The van der Waals surface area contributed by atoms with Crippen LogP contribution in [0.5, 0.6) is 5.75 Å². The molecule has 148 valence electrons. The number of halogens is 3. The molecule has 0 unspecified atom stereocenters. The predicted octanol–water partition coefficient (Wildman–Crippen LogP) is 7.04. The lowest BCUT2D eigenvalue weighted by atomic mass is 9.98. The van der Waals surface area contributed by atoms with Gasteiger partial charge in [0.2, 0.25) is 0 Å². The van der Waals surface area contributed by atoms with Crippen LogP contribution in [-0.2, 0) is 0 Å². The molecule has 0 amide bonds. The number of hydrogen-bond acceptors (Lipinski definition) is 2. The molecule has 0 radical (unpaired) electrons. The first kappa shape index (κ1) is 20.2. The van der Waals surface area contributed by atoms with Crippen molar-refractivity contribution in [3.8, 4) is 16.9 Å².